The van der Waals surface area contributed by atoms with Crippen molar-refractivity contribution in [2.45, 2.75) is 203 Å². The predicted molar refractivity (Wildman–Crippen MR) is 203 cm³/mol. The van der Waals surface area contributed by atoms with Gasteiger partial charge in [0.15, 0.2) is 12.6 Å². The van der Waals surface area contributed by atoms with Gasteiger partial charge in [-0.2, -0.15) is 0 Å². The molecule has 0 bridgehead atoms. The molecule has 1 amide bonds. The fourth-order valence-electron chi connectivity index (χ4n) is 6.68. The van der Waals surface area contributed by atoms with Gasteiger partial charge in [-0.15, -0.1) is 0 Å². The number of aliphatic hydroxyl groups is 8. The Morgan fingerprint density at radius 3 is 1.74 bits per heavy atom. The first-order valence-corrected chi connectivity index (χ1v) is 20.6. The molecule has 2 fully saturated rings. The van der Waals surface area contributed by atoms with Crippen LogP contribution in [0.4, 0.5) is 0 Å². The highest BCUT2D eigenvalue weighted by Gasteiger charge is 2.50. The van der Waals surface area contributed by atoms with Crippen LogP contribution in [0.15, 0.2) is 24.3 Å². The van der Waals surface area contributed by atoms with E-state index >= 15 is 0 Å². The number of unbranched alkanes of at least 4 members (excludes halogenated alkanes) is 15. The molecule has 14 heteroatoms. The highest BCUT2D eigenvalue weighted by atomic mass is 16.7. The van der Waals surface area contributed by atoms with Crippen LogP contribution in [0.5, 0.6) is 0 Å². The second kappa shape index (κ2) is 28.8. The van der Waals surface area contributed by atoms with Crippen LogP contribution < -0.4 is 5.32 Å². The van der Waals surface area contributed by atoms with Gasteiger partial charge in [0.1, 0.15) is 48.8 Å². The van der Waals surface area contributed by atoms with Gasteiger partial charge >= 0.3 is 0 Å². The number of rotatable bonds is 29. The molecule has 316 valence electrons. The number of hydrogen-bond donors (Lipinski definition) is 9. The van der Waals surface area contributed by atoms with E-state index in [2.05, 4.69) is 24.4 Å². The minimum atomic E-state index is -1.78. The third kappa shape index (κ3) is 17.7. The lowest BCUT2D eigenvalue weighted by molar-refractivity contribution is -0.359. The van der Waals surface area contributed by atoms with Gasteiger partial charge in [-0.25, -0.2) is 0 Å². The molecule has 14 nitrogen and oxygen atoms in total. The molecule has 0 aromatic rings. The van der Waals surface area contributed by atoms with Crippen molar-refractivity contribution in [2.24, 2.45) is 0 Å². The first-order valence-electron chi connectivity index (χ1n) is 20.6. The summed E-state index contributed by atoms with van der Waals surface area (Å²) < 4.78 is 22.2. The molecule has 2 aliphatic heterocycles. The summed E-state index contributed by atoms with van der Waals surface area (Å²) in [7, 11) is 0. The molecule has 0 aliphatic carbocycles. The van der Waals surface area contributed by atoms with Gasteiger partial charge in [-0.1, -0.05) is 122 Å². The molecular formula is C40H73NO13. The third-order valence-electron chi connectivity index (χ3n) is 10.2. The molecule has 12 atom stereocenters. The topological polar surface area (TPSA) is 228 Å². The van der Waals surface area contributed by atoms with Crippen molar-refractivity contribution in [1.82, 2.24) is 5.32 Å². The van der Waals surface area contributed by atoms with E-state index in [1.807, 2.05) is 6.08 Å². The Morgan fingerprint density at radius 2 is 1.17 bits per heavy atom. The highest BCUT2D eigenvalue weighted by molar-refractivity contribution is 5.75. The van der Waals surface area contributed by atoms with E-state index in [1.165, 1.54) is 89.9 Å². The molecule has 12 unspecified atom stereocenters. The van der Waals surface area contributed by atoms with Gasteiger partial charge in [0.2, 0.25) is 5.91 Å². The molecule has 0 aromatic heterocycles. The van der Waals surface area contributed by atoms with Crippen LogP contribution in [0.25, 0.3) is 0 Å². The van der Waals surface area contributed by atoms with E-state index in [-0.39, 0.29) is 18.9 Å². The largest absolute Gasteiger partial charge is 0.394 e. The maximum absolute atomic E-state index is 12.2. The smallest absolute Gasteiger partial charge is 0.220 e. The van der Waals surface area contributed by atoms with E-state index in [4.69, 9.17) is 18.9 Å². The maximum Gasteiger partial charge on any atom is 0.220 e. The minimum absolute atomic E-state index is 0.155. The van der Waals surface area contributed by atoms with Crippen molar-refractivity contribution >= 4 is 5.91 Å². The van der Waals surface area contributed by atoms with Gasteiger partial charge in [-0.3, -0.25) is 4.79 Å². The summed E-state index contributed by atoms with van der Waals surface area (Å²) in [5.74, 6) is -0.339. The maximum atomic E-state index is 12.2. The molecule has 2 heterocycles. The van der Waals surface area contributed by atoms with E-state index in [9.17, 15) is 45.6 Å². The quantitative estimate of drug-likeness (QED) is 0.0394. The normalized spacial score (nSPS) is 30.3. The lowest BCUT2D eigenvalue weighted by Gasteiger charge is -2.46. The molecule has 0 radical (unpaired) electrons. The molecule has 54 heavy (non-hydrogen) atoms. The standard InChI is InChI=1S/C40H73NO13/c1-3-5-6-7-8-9-10-11-12-13-14-15-16-17-18-19-20-21-22-23-24-29(44)28(41-32(45)4-2)27-51-39-37(50)35(48)38(31(26-43)53-39)54-40-36(49)34(47)33(46)30(25-42)52-40/h19-20,23-24,28-31,33-40,42-44,46-50H,3-18,21-22,25-27H2,1-2H3,(H,41,45)/b20-19+,24-23+. The number of ether oxygens (including phenoxy) is 4. The van der Waals surface area contributed by atoms with Crippen LogP contribution >= 0.6 is 0 Å². The van der Waals surface area contributed by atoms with Crippen molar-refractivity contribution in [3.63, 3.8) is 0 Å². The molecule has 9 N–H and O–H groups in total. The average molecular weight is 776 g/mol. The Hall–Kier alpha value is -1.53. The third-order valence-corrected chi connectivity index (χ3v) is 10.2. The molecular weight excluding hydrogens is 702 g/mol. The van der Waals surface area contributed by atoms with Crippen LogP contribution in [-0.4, -0.2) is 140 Å². The molecule has 0 saturated carbocycles. The Labute approximate surface area is 322 Å². The number of allylic oxidation sites excluding steroid dienone is 3. The summed E-state index contributed by atoms with van der Waals surface area (Å²) in [5, 5.41) is 85.1. The Bertz CT molecular complexity index is 1010. The fourth-order valence-corrected chi connectivity index (χ4v) is 6.68. The molecule has 2 rings (SSSR count). The molecule has 2 aliphatic rings. The summed E-state index contributed by atoms with van der Waals surface area (Å²) in [6.45, 7) is 2.17. The summed E-state index contributed by atoms with van der Waals surface area (Å²) in [4.78, 5) is 12.2. The van der Waals surface area contributed by atoms with Crippen LogP contribution in [0.3, 0.4) is 0 Å². The lowest BCUT2D eigenvalue weighted by Crippen LogP contribution is -2.65. The SMILES string of the molecule is CCCCCCCCCCCCCCCC/C=C/CC/C=C/C(O)C(COC1OC(CO)C(OC2OC(CO)C(O)C(O)C2O)C(O)C1O)NC(=O)CC. The van der Waals surface area contributed by atoms with E-state index < -0.39 is 86.8 Å². The first kappa shape index (κ1) is 48.6. The van der Waals surface area contributed by atoms with Gasteiger partial charge in [0, 0.05) is 6.42 Å². The second-order valence-electron chi connectivity index (χ2n) is 14.7. The zero-order valence-electron chi connectivity index (χ0n) is 32.7. The Balaban J connectivity index is 1.72. The van der Waals surface area contributed by atoms with Crippen LogP contribution in [-0.2, 0) is 23.7 Å². The zero-order valence-corrected chi connectivity index (χ0v) is 32.7. The van der Waals surface area contributed by atoms with Gasteiger partial charge < -0.3 is 65.1 Å². The van der Waals surface area contributed by atoms with E-state index in [0.717, 1.165) is 12.8 Å². The second-order valence-corrected chi connectivity index (χ2v) is 14.7. The Morgan fingerprint density at radius 1 is 0.648 bits per heavy atom. The zero-order chi connectivity index (χ0) is 39.7. The number of carbonyl (C=O) groups is 1. The van der Waals surface area contributed by atoms with E-state index in [0.29, 0.717) is 6.42 Å². The molecule has 0 aromatic carbocycles. The van der Waals surface area contributed by atoms with E-state index in [1.54, 1.807) is 13.0 Å². The van der Waals surface area contributed by atoms with Crippen molar-refractivity contribution in [1.29, 1.82) is 0 Å². The monoisotopic (exact) mass is 776 g/mol. The number of carbonyl (C=O) groups excluding carboxylic acids is 1. The van der Waals surface area contributed by atoms with Crippen LogP contribution in [0.1, 0.15) is 129 Å². The predicted octanol–water partition coefficient (Wildman–Crippen LogP) is 2.65. The first-order chi connectivity index (χ1) is 26.1. The van der Waals surface area contributed by atoms with Crippen molar-refractivity contribution in [2.75, 3.05) is 19.8 Å². The summed E-state index contributed by atoms with van der Waals surface area (Å²) in [6.07, 6.45) is 12.2. The van der Waals surface area contributed by atoms with Gasteiger partial charge in [0.05, 0.1) is 32.0 Å². The number of amides is 1. The highest BCUT2D eigenvalue weighted by Crippen LogP contribution is 2.29. The fraction of sp³-hybridized carbons (Fsp3) is 0.875. The number of hydrogen-bond acceptors (Lipinski definition) is 13. The number of nitrogens with one attached hydrogen (secondary N) is 1. The van der Waals surface area contributed by atoms with Gasteiger partial charge in [0.25, 0.3) is 0 Å². The number of aliphatic hydroxyl groups excluding tert-OH is 8. The van der Waals surface area contributed by atoms with Crippen LogP contribution in [0.2, 0.25) is 0 Å². The summed E-state index contributed by atoms with van der Waals surface area (Å²) >= 11 is 0. The minimum Gasteiger partial charge on any atom is -0.394 e. The molecule has 0 spiro atoms. The average Bonchev–Trinajstić information content (AvgIpc) is 3.17. The van der Waals surface area contributed by atoms with Crippen molar-refractivity contribution in [3.05, 3.63) is 24.3 Å². The van der Waals surface area contributed by atoms with Crippen LogP contribution in [0, 0.1) is 0 Å². The van der Waals surface area contributed by atoms with Crippen molar-refractivity contribution < 1.29 is 64.6 Å². The Kier molecular flexibility index (Phi) is 25.9. The lowest BCUT2D eigenvalue weighted by atomic mass is 9.97. The summed E-state index contributed by atoms with van der Waals surface area (Å²) in [6, 6.07) is -0.923. The summed E-state index contributed by atoms with van der Waals surface area (Å²) in [5.41, 5.74) is 0. The van der Waals surface area contributed by atoms with Gasteiger partial charge in [-0.05, 0) is 25.7 Å². The van der Waals surface area contributed by atoms with Crippen molar-refractivity contribution in [3.8, 4) is 0 Å². The molecule has 2 saturated heterocycles.